The Morgan fingerprint density at radius 1 is 1.38 bits per heavy atom. The molecule has 3 rings (SSSR count). The number of benzene rings is 1. The van der Waals surface area contributed by atoms with E-state index in [-0.39, 0.29) is 16.2 Å². The highest BCUT2D eigenvalue weighted by Crippen LogP contribution is 2.35. The minimum Gasteiger partial charge on any atom is -0.379 e. The molecule has 0 bridgehead atoms. The lowest BCUT2D eigenvalue weighted by Gasteiger charge is -2.40. The van der Waals surface area contributed by atoms with Gasteiger partial charge in [0.25, 0.3) is 5.56 Å². The SMILES string of the molecule is COC1(CNc2cnn(-c3ccc(C)c(Cl)c3)c(=O)c2Cl)CCC1. The van der Waals surface area contributed by atoms with Crippen molar-refractivity contribution in [3.8, 4) is 5.69 Å². The maximum atomic E-state index is 12.5. The van der Waals surface area contributed by atoms with Crippen LogP contribution in [0.2, 0.25) is 10.0 Å². The number of halogens is 2. The van der Waals surface area contributed by atoms with Crippen molar-refractivity contribution >= 4 is 28.9 Å². The molecule has 1 fully saturated rings. The minimum atomic E-state index is -0.387. The smallest absolute Gasteiger partial charge is 0.292 e. The van der Waals surface area contributed by atoms with Crippen molar-refractivity contribution in [2.45, 2.75) is 31.8 Å². The highest BCUT2D eigenvalue weighted by atomic mass is 35.5. The molecule has 0 radical (unpaired) electrons. The molecule has 0 saturated heterocycles. The number of anilines is 1. The molecule has 7 heteroatoms. The van der Waals surface area contributed by atoms with Crippen molar-refractivity contribution in [3.63, 3.8) is 0 Å². The lowest BCUT2D eigenvalue weighted by Crippen LogP contribution is -2.45. The van der Waals surface area contributed by atoms with Gasteiger partial charge in [0, 0.05) is 18.7 Å². The van der Waals surface area contributed by atoms with E-state index in [2.05, 4.69) is 10.4 Å². The lowest BCUT2D eigenvalue weighted by molar-refractivity contribution is -0.0601. The molecule has 5 nitrogen and oxygen atoms in total. The number of aromatic nitrogens is 2. The molecule has 0 aliphatic heterocycles. The van der Waals surface area contributed by atoms with Crippen LogP contribution in [0.1, 0.15) is 24.8 Å². The maximum absolute atomic E-state index is 12.5. The van der Waals surface area contributed by atoms with Crippen LogP contribution in [0, 0.1) is 6.92 Å². The first-order chi connectivity index (χ1) is 11.5. The van der Waals surface area contributed by atoms with Gasteiger partial charge in [0.1, 0.15) is 5.02 Å². The molecule has 2 aromatic rings. The fourth-order valence-corrected chi connectivity index (χ4v) is 3.10. The molecule has 1 N–H and O–H groups in total. The van der Waals surface area contributed by atoms with Crippen LogP contribution in [0.25, 0.3) is 5.69 Å². The van der Waals surface area contributed by atoms with E-state index in [0.29, 0.717) is 22.9 Å². The Bertz CT molecular complexity index is 810. The number of aryl methyl sites for hydroxylation is 1. The number of nitrogens with zero attached hydrogens (tertiary/aromatic N) is 2. The van der Waals surface area contributed by atoms with Gasteiger partial charge in [0.2, 0.25) is 0 Å². The summed E-state index contributed by atoms with van der Waals surface area (Å²) in [6.45, 7) is 2.50. The summed E-state index contributed by atoms with van der Waals surface area (Å²) in [7, 11) is 1.71. The monoisotopic (exact) mass is 367 g/mol. The van der Waals surface area contributed by atoms with Crippen LogP contribution in [0.5, 0.6) is 0 Å². The zero-order valence-corrected chi connectivity index (χ0v) is 15.1. The van der Waals surface area contributed by atoms with E-state index in [9.17, 15) is 4.79 Å². The van der Waals surface area contributed by atoms with Gasteiger partial charge in [-0.1, -0.05) is 29.3 Å². The first-order valence-corrected chi connectivity index (χ1v) is 8.55. The molecule has 1 aliphatic rings. The predicted molar refractivity (Wildman–Crippen MR) is 96.7 cm³/mol. The average molecular weight is 368 g/mol. The molecular weight excluding hydrogens is 349 g/mol. The Balaban J connectivity index is 1.86. The zero-order chi connectivity index (χ0) is 17.3. The van der Waals surface area contributed by atoms with E-state index in [1.807, 2.05) is 13.0 Å². The number of rotatable bonds is 5. The largest absolute Gasteiger partial charge is 0.379 e. The van der Waals surface area contributed by atoms with Crippen molar-refractivity contribution < 1.29 is 4.74 Å². The van der Waals surface area contributed by atoms with Crippen molar-refractivity contribution in [2.75, 3.05) is 19.0 Å². The second-order valence-corrected chi connectivity index (χ2v) is 6.90. The normalized spacial score (nSPS) is 15.8. The molecule has 1 aliphatic carbocycles. The Morgan fingerprint density at radius 3 is 2.71 bits per heavy atom. The van der Waals surface area contributed by atoms with Gasteiger partial charge in [-0.2, -0.15) is 9.78 Å². The molecule has 1 aromatic carbocycles. The third kappa shape index (κ3) is 3.16. The van der Waals surface area contributed by atoms with Gasteiger partial charge >= 0.3 is 0 Å². The fourth-order valence-electron chi connectivity index (χ4n) is 2.73. The molecule has 1 saturated carbocycles. The van der Waals surface area contributed by atoms with Gasteiger partial charge in [-0.05, 0) is 43.9 Å². The van der Waals surface area contributed by atoms with Crippen LogP contribution >= 0.6 is 23.2 Å². The van der Waals surface area contributed by atoms with Crippen molar-refractivity contribution in [1.82, 2.24) is 9.78 Å². The van der Waals surface area contributed by atoms with Gasteiger partial charge in [-0.15, -0.1) is 0 Å². The summed E-state index contributed by atoms with van der Waals surface area (Å²) in [6.07, 6.45) is 4.71. The third-order valence-electron chi connectivity index (χ3n) is 4.62. The van der Waals surface area contributed by atoms with Gasteiger partial charge in [-0.3, -0.25) is 4.79 Å². The standard InChI is InChI=1S/C17H19Cl2N3O2/c1-11-4-5-12(8-13(11)18)22-16(23)15(19)14(9-21-22)20-10-17(24-2)6-3-7-17/h4-5,8-9,20H,3,6-7,10H2,1-2H3. The highest BCUT2D eigenvalue weighted by Gasteiger charge is 2.36. The Hall–Kier alpha value is -1.56. The Labute approximate surface area is 150 Å². The topological polar surface area (TPSA) is 56.1 Å². The Morgan fingerprint density at radius 2 is 2.12 bits per heavy atom. The summed E-state index contributed by atoms with van der Waals surface area (Å²) >= 11 is 12.4. The molecule has 0 amide bonds. The highest BCUT2D eigenvalue weighted by molar-refractivity contribution is 6.33. The quantitative estimate of drug-likeness (QED) is 0.872. The third-order valence-corrected chi connectivity index (χ3v) is 5.39. The van der Waals surface area contributed by atoms with Crippen LogP contribution in [-0.2, 0) is 4.74 Å². The van der Waals surface area contributed by atoms with Crippen molar-refractivity contribution in [3.05, 3.63) is 50.4 Å². The second-order valence-electron chi connectivity index (χ2n) is 6.12. The summed E-state index contributed by atoms with van der Waals surface area (Å²) in [5.41, 5.74) is 1.48. The van der Waals surface area contributed by atoms with E-state index in [1.165, 1.54) is 4.68 Å². The van der Waals surface area contributed by atoms with E-state index >= 15 is 0 Å². The molecule has 0 unspecified atom stereocenters. The van der Waals surface area contributed by atoms with Gasteiger partial charge in [0.15, 0.2) is 0 Å². The maximum Gasteiger partial charge on any atom is 0.292 e. The van der Waals surface area contributed by atoms with Crippen LogP contribution in [0.4, 0.5) is 5.69 Å². The summed E-state index contributed by atoms with van der Waals surface area (Å²) in [6, 6.07) is 5.32. The van der Waals surface area contributed by atoms with Crippen LogP contribution in [-0.4, -0.2) is 29.0 Å². The summed E-state index contributed by atoms with van der Waals surface area (Å²) in [4.78, 5) is 12.5. The first kappa shape index (κ1) is 17.3. The Kier molecular flexibility index (Phi) is 4.85. The van der Waals surface area contributed by atoms with Gasteiger partial charge < -0.3 is 10.1 Å². The van der Waals surface area contributed by atoms with E-state index in [4.69, 9.17) is 27.9 Å². The van der Waals surface area contributed by atoms with Crippen LogP contribution in [0.15, 0.2) is 29.2 Å². The predicted octanol–water partition coefficient (Wildman–Crippen LogP) is 3.83. The molecular formula is C17H19Cl2N3O2. The minimum absolute atomic E-state index is 0.104. The molecule has 0 spiro atoms. The lowest BCUT2D eigenvalue weighted by atomic mass is 9.80. The molecule has 128 valence electrons. The summed E-state index contributed by atoms with van der Waals surface area (Å²) in [5.74, 6) is 0. The van der Waals surface area contributed by atoms with Crippen LogP contribution in [0.3, 0.4) is 0 Å². The van der Waals surface area contributed by atoms with Gasteiger partial charge in [-0.25, -0.2) is 0 Å². The van der Waals surface area contributed by atoms with Crippen molar-refractivity contribution in [2.24, 2.45) is 0 Å². The summed E-state index contributed by atoms with van der Waals surface area (Å²) < 4.78 is 6.80. The van der Waals surface area contributed by atoms with Gasteiger partial charge in [0.05, 0.1) is 23.2 Å². The van der Waals surface area contributed by atoms with Crippen molar-refractivity contribution in [1.29, 1.82) is 0 Å². The number of nitrogens with one attached hydrogen (secondary N) is 1. The molecule has 24 heavy (non-hydrogen) atoms. The van der Waals surface area contributed by atoms with E-state index in [0.717, 1.165) is 24.8 Å². The number of hydrogen-bond donors (Lipinski definition) is 1. The first-order valence-electron chi connectivity index (χ1n) is 7.79. The molecule has 0 atom stereocenters. The average Bonchev–Trinajstić information content (AvgIpc) is 2.53. The van der Waals surface area contributed by atoms with E-state index in [1.54, 1.807) is 25.4 Å². The number of ether oxygens (including phenoxy) is 1. The summed E-state index contributed by atoms with van der Waals surface area (Å²) in [5, 5.41) is 8.08. The fraction of sp³-hybridized carbons (Fsp3) is 0.412. The molecule has 1 aromatic heterocycles. The van der Waals surface area contributed by atoms with E-state index < -0.39 is 0 Å². The number of hydrogen-bond acceptors (Lipinski definition) is 4. The second kappa shape index (κ2) is 6.75. The molecule has 1 heterocycles. The number of methoxy groups -OCH3 is 1. The van der Waals surface area contributed by atoms with Crippen LogP contribution < -0.4 is 10.9 Å². The zero-order valence-electron chi connectivity index (χ0n) is 13.6.